The van der Waals surface area contributed by atoms with Crippen LogP contribution in [0.2, 0.25) is 0 Å². The molecule has 0 saturated carbocycles. The average Bonchev–Trinajstić information content (AvgIpc) is 3.37. The van der Waals surface area contributed by atoms with Crippen molar-refractivity contribution >= 4 is 0 Å². The van der Waals surface area contributed by atoms with Crippen LogP contribution in [0.3, 0.4) is 0 Å². The molecule has 0 fully saturated rings. The predicted octanol–water partition coefficient (Wildman–Crippen LogP) is 14.6. The number of aryl methyl sites for hydroxylation is 6. The van der Waals surface area contributed by atoms with Gasteiger partial charge in [0, 0.05) is 52.0 Å². The molecule has 1 aliphatic carbocycles. The Morgan fingerprint density at radius 3 is 0.786 bits per heavy atom. The molecule has 70 heavy (non-hydrogen) atoms. The SMILES string of the molecule is COc1ccc(C2c3cc(c(C)cc3OC)C(c3ccc(C)cc3)c3cc(c(C)cc3C)C(c3ccc(C)cc3)c3cc(c(OC)cc3C)C(c3ccc(OC)cc3)c3cc2c(OC)cc3OC)cc1. The van der Waals surface area contributed by atoms with E-state index in [1.807, 2.05) is 30.3 Å². The number of hydrogen-bond acceptors (Lipinski definition) is 6. The summed E-state index contributed by atoms with van der Waals surface area (Å²) < 4.78 is 37.3. The summed E-state index contributed by atoms with van der Waals surface area (Å²) in [6.45, 7) is 13.3. The Balaban J connectivity index is 1.51. The smallest absolute Gasteiger partial charge is 0.126 e. The summed E-state index contributed by atoms with van der Waals surface area (Å²) in [4.78, 5) is 0. The van der Waals surface area contributed by atoms with Crippen LogP contribution in [-0.2, 0) is 0 Å². The highest BCUT2D eigenvalue weighted by atomic mass is 16.5. The van der Waals surface area contributed by atoms with E-state index in [4.69, 9.17) is 28.4 Å². The summed E-state index contributed by atoms with van der Waals surface area (Å²) in [5, 5.41) is 0. The number of ether oxygens (including phenoxy) is 6. The minimum atomic E-state index is -0.376. The number of methoxy groups -OCH3 is 6. The van der Waals surface area contributed by atoms with Crippen LogP contribution >= 0.6 is 0 Å². The summed E-state index contributed by atoms with van der Waals surface area (Å²) in [7, 11) is 10.4. The van der Waals surface area contributed by atoms with E-state index < -0.39 is 0 Å². The highest BCUT2D eigenvalue weighted by Gasteiger charge is 2.34. The maximum Gasteiger partial charge on any atom is 0.126 e. The first-order chi connectivity index (χ1) is 33.9. The summed E-state index contributed by atoms with van der Waals surface area (Å²) in [5.74, 6) is 3.46. The second-order valence-electron chi connectivity index (χ2n) is 18.9. The number of rotatable bonds is 10. The van der Waals surface area contributed by atoms with Gasteiger partial charge in [0.05, 0.1) is 42.7 Å². The highest BCUT2D eigenvalue weighted by molar-refractivity contribution is 5.66. The molecule has 9 rings (SSSR count). The zero-order chi connectivity index (χ0) is 49.4. The molecule has 4 atom stereocenters. The van der Waals surface area contributed by atoms with Crippen molar-refractivity contribution in [3.8, 4) is 34.5 Å². The van der Waals surface area contributed by atoms with Crippen molar-refractivity contribution in [2.24, 2.45) is 0 Å². The number of hydrogen-bond donors (Lipinski definition) is 0. The summed E-state index contributed by atoms with van der Waals surface area (Å²) in [6.07, 6.45) is 0. The minimum absolute atomic E-state index is 0.131. The van der Waals surface area contributed by atoms with Gasteiger partial charge < -0.3 is 28.4 Å². The van der Waals surface area contributed by atoms with Gasteiger partial charge in [0.15, 0.2) is 0 Å². The Bertz CT molecular complexity index is 2960. The molecule has 0 radical (unpaired) electrons. The van der Waals surface area contributed by atoms with Gasteiger partial charge in [0.25, 0.3) is 0 Å². The monoisotopic (exact) mass is 928 g/mol. The Kier molecular flexibility index (Phi) is 13.5. The molecule has 8 bridgehead atoms. The lowest BCUT2D eigenvalue weighted by Crippen LogP contribution is -2.16. The standard InChI is InChI=1S/C64H64O6/c1-37-13-17-43(18-14-37)61-49-32-50(40(4)29-39(49)3)62(44-19-15-38(2)16-20-44)52-34-54(58(68-10)31-42(52)6)64(46-23-27-48(66-8)28-24-46)56-35-55(59(69-11)36-60(56)70-12)63(45-21-25-47(65-7)26-22-45)53-33-51(61)41(5)30-57(53)67-9/h13-36,61-64H,1-12H3. The third-order valence-corrected chi connectivity index (χ3v) is 14.7. The van der Waals surface area contributed by atoms with Crippen LogP contribution < -0.4 is 28.4 Å². The largest absolute Gasteiger partial charge is 0.497 e. The van der Waals surface area contributed by atoms with Gasteiger partial charge in [-0.25, -0.2) is 0 Å². The molecule has 0 aliphatic heterocycles. The maximum atomic E-state index is 6.47. The van der Waals surface area contributed by atoms with Crippen molar-refractivity contribution in [2.75, 3.05) is 42.7 Å². The van der Waals surface area contributed by atoms with Crippen LogP contribution in [0.15, 0.2) is 146 Å². The van der Waals surface area contributed by atoms with Crippen LogP contribution in [0.25, 0.3) is 0 Å². The van der Waals surface area contributed by atoms with E-state index in [0.29, 0.717) is 11.5 Å². The first-order valence-corrected chi connectivity index (χ1v) is 24.0. The van der Waals surface area contributed by atoms with Crippen molar-refractivity contribution in [1.82, 2.24) is 0 Å². The van der Waals surface area contributed by atoms with Crippen molar-refractivity contribution in [3.05, 3.63) is 246 Å². The number of benzene rings is 8. The van der Waals surface area contributed by atoms with Crippen LogP contribution in [0, 0.1) is 41.5 Å². The molecule has 1 aliphatic rings. The Hall–Kier alpha value is -7.44. The molecule has 0 heterocycles. The molecule has 6 nitrogen and oxygen atoms in total. The molecule has 4 unspecified atom stereocenters. The Morgan fingerprint density at radius 1 is 0.243 bits per heavy atom. The van der Waals surface area contributed by atoms with E-state index in [-0.39, 0.29) is 23.7 Å². The van der Waals surface area contributed by atoms with Gasteiger partial charge in [-0.1, -0.05) is 96.1 Å². The average molecular weight is 929 g/mol. The zero-order valence-electron chi connectivity index (χ0n) is 42.6. The molecule has 8 aromatic rings. The Morgan fingerprint density at radius 2 is 0.486 bits per heavy atom. The van der Waals surface area contributed by atoms with Gasteiger partial charge in [-0.2, -0.15) is 0 Å². The Labute approximate surface area is 414 Å². The van der Waals surface area contributed by atoms with Gasteiger partial charge >= 0.3 is 0 Å². The summed E-state index contributed by atoms with van der Waals surface area (Å²) in [6, 6.07) is 53.4. The van der Waals surface area contributed by atoms with Gasteiger partial charge in [-0.05, 0) is 163 Å². The third kappa shape index (κ3) is 8.76. The minimum Gasteiger partial charge on any atom is -0.497 e. The van der Waals surface area contributed by atoms with Crippen LogP contribution in [0.5, 0.6) is 34.5 Å². The van der Waals surface area contributed by atoms with Crippen LogP contribution in [-0.4, -0.2) is 42.7 Å². The normalized spacial score (nSPS) is 16.3. The van der Waals surface area contributed by atoms with Crippen molar-refractivity contribution in [1.29, 1.82) is 0 Å². The third-order valence-electron chi connectivity index (χ3n) is 14.7. The molecule has 8 aromatic carbocycles. The molecule has 0 amide bonds. The van der Waals surface area contributed by atoms with E-state index in [0.717, 1.165) is 67.5 Å². The van der Waals surface area contributed by atoms with Gasteiger partial charge in [0.2, 0.25) is 0 Å². The van der Waals surface area contributed by atoms with Crippen molar-refractivity contribution in [2.45, 2.75) is 65.2 Å². The predicted molar refractivity (Wildman–Crippen MR) is 283 cm³/mol. The van der Waals surface area contributed by atoms with E-state index in [1.54, 1.807) is 42.7 Å². The molecule has 356 valence electrons. The lowest BCUT2D eigenvalue weighted by Gasteiger charge is -2.32. The van der Waals surface area contributed by atoms with Gasteiger partial charge in [-0.15, -0.1) is 0 Å². The lowest BCUT2D eigenvalue weighted by molar-refractivity contribution is 0.385. The molecule has 0 N–H and O–H groups in total. The van der Waals surface area contributed by atoms with E-state index in [1.165, 1.54) is 55.6 Å². The van der Waals surface area contributed by atoms with Crippen LogP contribution in [0.1, 0.15) is 124 Å². The fourth-order valence-corrected chi connectivity index (χ4v) is 11.0. The highest BCUT2D eigenvalue weighted by Crippen LogP contribution is 2.52. The van der Waals surface area contributed by atoms with Crippen LogP contribution in [0.4, 0.5) is 0 Å². The second kappa shape index (κ2) is 19.9. The fraction of sp³-hybridized carbons (Fsp3) is 0.250. The molecule has 0 spiro atoms. The summed E-state index contributed by atoms with van der Waals surface area (Å²) in [5.41, 5.74) is 20.5. The molecule has 0 aromatic heterocycles. The fourth-order valence-electron chi connectivity index (χ4n) is 11.0. The first kappa shape index (κ1) is 47.6. The lowest BCUT2D eigenvalue weighted by atomic mass is 9.73. The van der Waals surface area contributed by atoms with E-state index >= 15 is 0 Å². The van der Waals surface area contributed by atoms with Gasteiger partial charge in [0.1, 0.15) is 34.5 Å². The maximum absolute atomic E-state index is 6.47. The van der Waals surface area contributed by atoms with E-state index in [9.17, 15) is 0 Å². The number of fused-ring (bicyclic) bond motifs is 8. The zero-order valence-corrected chi connectivity index (χ0v) is 42.6. The molecule has 6 heteroatoms. The topological polar surface area (TPSA) is 55.4 Å². The van der Waals surface area contributed by atoms with Crippen molar-refractivity contribution < 1.29 is 28.4 Å². The second-order valence-corrected chi connectivity index (χ2v) is 18.9. The summed E-state index contributed by atoms with van der Waals surface area (Å²) >= 11 is 0. The molecular weight excluding hydrogens is 865 g/mol. The van der Waals surface area contributed by atoms with Gasteiger partial charge in [-0.3, -0.25) is 0 Å². The van der Waals surface area contributed by atoms with Crippen molar-refractivity contribution in [3.63, 3.8) is 0 Å². The van der Waals surface area contributed by atoms with E-state index in [2.05, 4.69) is 157 Å². The first-order valence-electron chi connectivity index (χ1n) is 24.0. The molecular formula is C64H64O6. The quantitative estimate of drug-likeness (QED) is 0.136. The molecule has 0 saturated heterocycles.